The first-order valence-electron chi connectivity index (χ1n) is 8.23. The Balaban J connectivity index is 2.21. The second-order valence-corrected chi connectivity index (χ2v) is 8.50. The van der Waals surface area contributed by atoms with Gasteiger partial charge in [0.05, 0.1) is 5.56 Å². The van der Waals surface area contributed by atoms with Crippen molar-refractivity contribution in [2.75, 3.05) is 0 Å². The van der Waals surface area contributed by atoms with Crippen molar-refractivity contribution < 1.29 is 9.90 Å². The molecule has 4 N–H and O–H groups in total. The van der Waals surface area contributed by atoms with E-state index >= 15 is 0 Å². The van der Waals surface area contributed by atoms with Crippen molar-refractivity contribution in [3.05, 3.63) is 45.3 Å². The quantitative estimate of drug-likeness (QED) is 0.581. The highest BCUT2D eigenvalue weighted by Crippen LogP contribution is 2.45. The van der Waals surface area contributed by atoms with Crippen LogP contribution < -0.4 is 11.3 Å². The van der Waals surface area contributed by atoms with E-state index in [0.29, 0.717) is 12.1 Å². The molecule has 1 aliphatic rings. The maximum atomic E-state index is 12.1. The fraction of sp³-hybridized carbons (Fsp3) is 0.421. The van der Waals surface area contributed by atoms with Crippen molar-refractivity contribution in [3.8, 4) is 10.4 Å². The highest BCUT2D eigenvalue weighted by atomic mass is 32.1. The smallest absolute Gasteiger partial charge is 0.337 e. The number of carboxylic acid groups (broad SMARTS) is 1. The van der Waals surface area contributed by atoms with E-state index in [9.17, 15) is 9.90 Å². The Labute approximate surface area is 146 Å². The molecule has 1 aromatic heterocycles. The van der Waals surface area contributed by atoms with Crippen LogP contribution in [-0.4, -0.2) is 11.1 Å². The summed E-state index contributed by atoms with van der Waals surface area (Å²) >= 11 is 1.64. The van der Waals surface area contributed by atoms with E-state index in [2.05, 4.69) is 25.3 Å². The van der Waals surface area contributed by atoms with Crippen LogP contribution in [-0.2, 0) is 19.4 Å². The first-order chi connectivity index (χ1) is 11.3. The molecule has 0 atom stereocenters. The summed E-state index contributed by atoms with van der Waals surface area (Å²) in [6.45, 7) is 6.98. The maximum absolute atomic E-state index is 12.1. The van der Waals surface area contributed by atoms with Crippen molar-refractivity contribution in [1.82, 2.24) is 5.43 Å². The number of rotatable bonds is 4. The summed E-state index contributed by atoms with van der Waals surface area (Å²) in [6, 6.07) is 6.13. The molecular formula is C19H24N2O2S. The third-order valence-electron chi connectivity index (χ3n) is 4.79. The lowest BCUT2D eigenvalue weighted by atomic mass is 9.76. The number of benzene rings is 1. The number of nitrogens with two attached hydrogens (primary N) is 1. The Morgan fingerprint density at radius 3 is 2.83 bits per heavy atom. The van der Waals surface area contributed by atoms with Crippen molar-refractivity contribution in [2.24, 2.45) is 11.3 Å². The molecule has 1 aromatic carbocycles. The third kappa shape index (κ3) is 3.11. The summed E-state index contributed by atoms with van der Waals surface area (Å²) in [6.07, 6.45) is 2.89. The van der Waals surface area contributed by atoms with Gasteiger partial charge < -0.3 is 5.11 Å². The first kappa shape index (κ1) is 17.1. The SMILES string of the molecule is Cc1ccc(CNN)c(-c2sc3c(c2C(=O)O)CC(C)(C)CC3)c1. The van der Waals surface area contributed by atoms with Crippen LogP contribution in [0.25, 0.3) is 10.4 Å². The van der Waals surface area contributed by atoms with Gasteiger partial charge in [0.25, 0.3) is 0 Å². The van der Waals surface area contributed by atoms with E-state index < -0.39 is 5.97 Å². The summed E-state index contributed by atoms with van der Waals surface area (Å²) in [5.41, 5.74) is 7.52. The summed E-state index contributed by atoms with van der Waals surface area (Å²) in [4.78, 5) is 14.2. The number of hydrazine groups is 1. The predicted molar refractivity (Wildman–Crippen MR) is 98.3 cm³/mol. The predicted octanol–water partition coefficient (Wildman–Crippen LogP) is 3.90. The molecule has 0 radical (unpaired) electrons. The summed E-state index contributed by atoms with van der Waals surface area (Å²) in [5, 5.41) is 9.90. The van der Waals surface area contributed by atoms with Crippen molar-refractivity contribution in [3.63, 3.8) is 0 Å². The molecule has 4 nitrogen and oxygen atoms in total. The molecule has 5 heteroatoms. The first-order valence-corrected chi connectivity index (χ1v) is 9.05. The summed E-state index contributed by atoms with van der Waals surface area (Å²) in [7, 11) is 0. The topological polar surface area (TPSA) is 75.3 Å². The van der Waals surface area contributed by atoms with Gasteiger partial charge in [-0.2, -0.15) is 0 Å². The lowest BCUT2D eigenvalue weighted by Gasteiger charge is -2.29. The molecule has 0 aliphatic heterocycles. The number of fused-ring (bicyclic) bond motifs is 1. The van der Waals surface area contributed by atoms with Crippen LogP contribution in [0.1, 0.15) is 52.2 Å². The van der Waals surface area contributed by atoms with Crippen LogP contribution in [0.15, 0.2) is 18.2 Å². The number of carboxylic acids is 1. The highest BCUT2D eigenvalue weighted by Gasteiger charge is 2.33. The van der Waals surface area contributed by atoms with Crippen LogP contribution in [0.3, 0.4) is 0 Å². The number of hydrogen-bond acceptors (Lipinski definition) is 4. The molecule has 128 valence electrons. The van der Waals surface area contributed by atoms with Crippen LogP contribution in [0.2, 0.25) is 0 Å². The molecule has 0 fully saturated rings. The molecule has 0 amide bonds. The van der Waals surface area contributed by atoms with Crippen LogP contribution in [0.4, 0.5) is 0 Å². The second-order valence-electron chi connectivity index (χ2n) is 7.40. The monoisotopic (exact) mass is 344 g/mol. The standard InChI is InChI=1S/C19H24N2O2S/c1-11-4-5-12(10-21-20)13(8-11)17-16(18(22)23)14-9-19(2,3)7-6-15(14)24-17/h4-5,8,21H,6-7,9-10,20H2,1-3H3,(H,22,23). The zero-order chi connectivity index (χ0) is 17.5. The Morgan fingerprint density at radius 2 is 2.17 bits per heavy atom. The van der Waals surface area contributed by atoms with Gasteiger partial charge in [0, 0.05) is 16.3 Å². The van der Waals surface area contributed by atoms with Crippen molar-refractivity contribution >= 4 is 17.3 Å². The molecule has 1 aliphatic carbocycles. The number of thiophene rings is 1. The Kier molecular flexibility index (Phi) is 4.51. The van der Waals surface area contributed by atoms with Crippen molar-refractivity contribution in [2.45, 2.75) is 46.6 Å². The van der Waals surface area contributed by atoms with Gasteiger partial charge in [0.1, 0.15) is 0 Å². The van der Waals surface area contributed by atoms with Gasteiger partial charge >= 0.3 is 5.97 Å². The van der Waals surface area contributed by atoms with Gasteiger partial charge in [0.15, 0.2) is 0 Å². The largest absolute Gasteiger partial charge is 0.478 e. The van der Waals surface area contributed by atoms with Gasteiger partial charge in [-0.25, -0.2) is 4.79 Å². The molecule has 0 bridgehead atoms. The zero-order valence-corrected chi connectivity index (χ0v) is 15.2. The number of nitrogens with one attached hydrogen (secondary N) is 1. The molecule has 0 saturated carbocycles. The Bertz CT molecular complexity index is 793. The van der Waals surface area contributed by atoms with E-state index in [1.807, 2.05) is 19.1 Å². The molecule has 0 saturated heterocycles. The summed E-state index contributed by atoms with van der Waals surface area (Å²) in [5.74, 6) is 4.69. The Hall–Kier alpha value is -1.69. The molecule has 0 spiro atoms. The maximum Gasteiger partial charge on any atom is 0.337 e. The molecule has 3 rings (SSSR count). The van der Waals surface area contributed by atoms with Gasteiger partial charge in [-0.15, -0.1) is 11.3 Å². The lowest BCUT2D eigenvalue weighted by molar-refractivity contribution is 0.0696. The minimum Gasteiger partial charge on any atom is -0.478 e. The lowest BCUT2D eigenvalue weighted by Crippen LogP contribution is -2.22. The molecular weight excluding hydrogens is 320 g/mol. The highest BCUT2D eigenvalue weighted by molar-refractivity contribution is 7.16. The zero-order valence-electron chi connectivity index (χ0n) is 14.4. The molecule has 0 unspecified atom stereocenters. The van der Waals surface area contributed by atoms with Gasteiger partial charge in [-0.05, 0) is 48.3 Å². The van der Waals surface area contributed by atoms with Crippen LogP contribution in [0.5, 0.6) is 0 Å². The molecule has 1 heterocycles. The van der Waals surface area contributed by atoms with Crippen LogP contribution in [0, 0.1) is 12.3 Å². The van der Waals surface area contributed by atoms with Gasteiger partial charge in [-0.3, -0.25) is 11.3 Å². The summed E-state index contributed by atoms with van der Waals surface area (Å²) < 4.78 is 0. The number of hydrogen-bond donors (Lipinski definition) is 3. The van der Waals surface area contributed by atoms with Crippen molar-refractivity contribution in [1.29, 1.82) is 0 Å². The van der Waals surface area contributed by atoms with Crippen LogP contribution >= 0.6 is 11.3 Å². The number of aryl methyl sites for hydroxylation is 2. The fourth-order valence-corrected chi connectivity index (χ4v) is 4.86. The second kappa shape index (κ2) is 6.31. The van der Waals surface area contributed by atoms with Gasteiger partial charge in [0.2, 0.25) is 0 Å². The van der Waals surface area contributed by atoms with E-state index in [0.717, 1.165) is 46.4 Å². The average molecular weight is 344 g/mol. The average Bonchev–Trinajstić information content (AvgIpc) is 2.86. The molecule has 2 aromatic rings. The normalized spacial score (nSPS) is 16.0. The fourth-order valence-electron chi connectivity index (χ4n) is 3.50. The minimum atomic E-state index is -0.826. The third-order valence-corrected chi connectivity index (χ3v) is 6.12. The van der Waals surface area contributed by atoms with E-state index in [4.69, 9.17) is 5.84 Å². The van der Waals surface area contributed by atoms with E-state index in [-0.39, 0.29) is 5.41 Å². The molecule has 24 heavy (non-hydrogen) atoms. The number of carbonyl (C=O) groups is 1. The van der Waals surface area contributed by atoms with E-state index in [1.54, 1.807) is 11.3 Å². The Morgan fingerprint density at radius 1 is 1.42 bits per heavy atom. The van der Waals surface area contributed by atoms with Gasteiger partial charge in [-0.1, -0.05) is 37.6 Å². The minimum absolute atomic E-state index is 0.157. The number of aromatic carboxylic acids is 1. The van der Waals surface area contributed by atoms with E-state index in [1.165, 1.54) is 4.88 Å².